The average molecular weight is 329 g/mol. The van der Waals surface area contributed by atoms with E-state index in [0.717, 1.165) is 0 Å². The molecular weight excluding hydrogens is 318 g/mol. The number of imide groups is 1. The number of fused-ring (bicyclic) bond motifs is 1. The standard InChI is InChI=1S/C10H11N5O4S2/c11-7-9(15-3-4-20-10(15)13-7)21(18,19)14-5-1-2-6(16)12-8(5)17/h3-5,14H,1-2,11H2,(H,12,16,17). The van der Waals surface area contributed by atoms with Crippen LogP contribution in [0.5, 0.6) is 0 Å². The fraction of sp³-hybridized carbons (Fsp3) is 0.300. The van der Waals surface area contributed by atoms with E-state index in [0.29, 0.717) is 4.96 Å². The molecule has 2 aromatic heterocycles. The maximum Gasteiger partial charge on any atom is 0.261 e. The predicted molar refractivity (Wildman–Crippen MR) is 74.0 cm³/mol. The lowest BCUT2D eigenvalue weighted by molar-refractivity contribution is -0.134. The molecule has 0 aliphatic carbocycles. The summed E-state index contributed by atoms with van der Waals surface area (Å²) in [5.74, 6) is -1.22. The maximum atomic E-state index is 12.4. The van der Waals surface area contributed by atoms with E-state index in [2.05, 4.69) is 15.0 Å². The highest BCUT2D eigenvalue weighted by Gasteiger charge is 2.33. The third kappa shape index (κ3) is 2.39. The molecule has 0 spiro atoms. The van der Waals surface area contributed by atoms with Gasteiger partial charge in [0.15, 0.2) is 15.8 Å². The molecule has 1 aliphatic heterocycles. The van der Waals surface area contributed by atoms with Gasteiger partial charge in [0.25, 0.3) is 10.0 Å². The van der Waals surface area contributed by atoms with Crippen LogP contribution >= 0.6 is 11.3 Å². The smallest absolute Gasteiger partial charge is 0.261 e. The second kappa shape index (κ2) is 4.79. The van der Waals surface area contributed by atoms with Gasteiger partial charge in [-0.3, -0.25) is 19.3 Å². The molecule has 2 amide bonds. The Morgan fingerprint density at radius 1 is 1.48 bits per heavy atom. The van der Waals surface area contributed by atoms with Crippen LogP contribution in [-0.4, -0.2) is 35.7 Å². The molecule has 1 aliphatic rings. The quantitative estimate of drug-likeness (QED) is 0.622. The van der Waals surface area contributed by atoms with Gasteiger partial charge in [0.05, 0.1) is 0 Å². The van der Waals surface area contributed by atoms with Gasteiger partial charge in [-0.05, 0) is 6.42 Å². The van der Waals surface area contributed by atoms with E-state index in [1.807, 2.05) is 0 Å². The molecule has 11 heteroatoms. The van der Waals surface area contributed by atoms with Crippen molar-refractivity contribution in [3.63, 3.8) is 0 Å². The van der Waals surface area contributed by atoms with Gasteiger partial charge in [0, 0.05) is 18.0 Å². The molecular formula is C10H11N5O4S2. The minimum atomic E-state index is -4.03. The van der Waals surface area contributed by atoms with Gasteiger partial charge in [-0.15, -0.1) is 11.3 Å². The van der Waals surface area contributed by atoms with Crippen molar-refractivity contribution >= 4 is 44.0 Å². The summed E-state index contributed by atoms with van der Waals surface area (Å²) >= 11 is 1.24. The number of carbonyl (C=O) groups excluding carboxylic acids is 2. The van der Waals surface area contributed by atoms with Gasteiger partial charge < -0.3 is 5.73 Å². The first kappa shape index (κ1) is 14.0. The molecule has 3 rings (SSSR count). The molecule has 1 fully saturated rings. The molecule has 3 heterocycles. The summed E-state index contributed by atoms with van der Waals surface area (Å²) in [6, 6.07) is -1.00. The number of nitrogens with two attached hydrogens (primary N) is 1. The first-order valence-corrected chi connectivity index (χ1v) is 8.32. The van der Waals surface area contributed by atoms with E-state index in [4.69, 9.17) is 5.73 Å². The van der Waals surface area contributed by atoms with E-state index in [1.54, 1.807) is 5.38 Å². The largest absolute Gasteiger partial charge is 0.381 e. The van der Waals surface area contributed by atoms with Crippen LogP contribution in [0.15, 0.2) is 16.6 Å². The number of nitrogens with one attached hydrogen (secondary N) is 2. The minimum absolute atomic E-state index is 0.0781. The van der Waals surface area contributed by atoms with E-state index in [-0.39, 0.29) is 23.7 Å². The van der Waals surface area contributed by atoms with Crippen LogP contribution in [0.1, 0.15) is 12.8 Å². The fourth-order valence-corrected chi connectivity index (χ4v) is 4.32. The van der Waals surface area contributed by atoms with Crippen LogP contribution in [0, 0.1) is 0 Å². The second-order valence-electron chi connectivity index (χ2n) is 4.48. The summed E-state index contributed by atoms with van der Waals surface area (Å²) < 4.78 is 28.4. The predicted octanol–water partition coefficient (Wildman–Crippen LogP) is -0.939. The van der Waals surface area contributed by atoms with E-state index >= 15 is 0 Å². The maximum absolute atomic E-state index is 12.4. The lowest BCUT2D eigenvalue weighted by atomic mass is 10.1. The monoisotopic (exact) mass is 329 g/mol. The molecule has 1 atom stereocenters. The van der Waals surface area contributed by atoms with Crippen LogP contribution in [0.2, 0.25) is 0 Å². The first-order chi connectivity index (χ1) is 9.88. The lowest BCUT2D eigenvalue weighted by Gasteiger charge is -2.21. The Bertz CT molecular complexity index is 837. The van der Waals surface area contributed by atoms with Crippen LogP contribution in [0.4, 0.5) is 5.82 Å². The zero-order chi connectivity index (χ0) is 15.2. The number of nitrogen functional groups attached to an aromatic ring is 1. The van der Waals surface area contributed by atoms with E-state index in [9.17, 15) is 18.0 Å². The number of rotatable bonds is 3. The number of hydrogen-bond donors (Lipinski definition) is 3. The zero-order valence-corrected chi connectivity index (χ0v) is 12.2. The molecule has 0 saturated carbocycles. The molecule has 0 bridgehead atoms. The topological polar surface area (TPSA) is 136 Å². The van der Waals surface area contributed by atoms with Gasteiger partial charge in [-0.1, -0.05) is 0 Å². The summed E-state index contributed by atoms with van der Waals surface area (Å²) in [6.07, 6.45) is 1.71. The van der Waals surface area contributed by atoms with Gasteiger partial charge >= 0.3 is 0 Å². The third-order valence-corrected chi connectivity index (χ3v) is 5.30. The van der Waals surface area contributed by atoms with Crippen molar-refractivity contribution in [2.75, 3.05) is 5.73 Å². The summed E-state index contributed by atoms with van der Waals surface area (Å²) in [5, 5.41) is 3.56. The number of sulfonamides is 1. The highest BCUT2D eigenvalue weighted by molar-refractivity contribution is 7.89. The van der Waals surface area contributed by atoms with Crippen molar-refractivity contribution in [2.45, 2.75) is 23.9 Å². The van der Waals surface area contributed by atoms with E-state index < -0.39 is 27.9 Å². The van der Waals surface area contributed by atoms with Crippen molar-refractivity contribution in [3.05, 3.63) is 11.6 Å². The Morgan fingerprint density at radius 3 is 2.95 bits per heavy atom. The molecule has 0 radical (unpaired) electrons. The SMILES string of the molecule is Nc1nc2sccn2c1S(=O)(=O)NC1CCC(=O)NC1=O. The second-order valence-corrected chi connectivity index (χ2v) is 6.99. The van der Waals surface area contributed by atoms with Crippen LogP contribution in [-0.2, 0) is 19.6 Å². The molecule has 0 aromatic carbocycles. The third-order valence-electron chi connectivity index (χ3n) is 3.03. The average Bonchev–Trinajstić information content (AvgIpc) is 2.91. The van der Waals surface area contributed by atoms with Gasteiger partial charge in [0.2, 0.25) is 11.8 Å². The van der Waals surface area contributed by atoms with Crippen molar-refractivity contribution in [3.8, 4) is 0 Å². The highest BCUT2D eigenvalue weighted by atomic mass is 32.2. The van der Waals surface area contributed by atoms with Crippen molar-refractivity contribution in [1.29, 1.82) is 0 Å². The number of aromatic nitrogens is 2. The number of nitrogens with zero attached hydrogens (tertiary/aromatic N) is 2. The lowest BCUT2D eigenvalue weighted by Crippen LogP contribution is -2.52. The van der Waals surface area contributed by atoms with E-state index in [1.165, 1.54) is 21.9 Å². The van der Waals surface area contributed by atoms with Gasteiger partial charge in [0.1, 0.15) is 6.04 Å². The number of amides is 2. The Hall–Kier alpha value is -1.98. The Balaban J connectivity index is 1.94. The number of imidazole rings is 1. The normalized spacial score (nSPS) is 19.9. The molecule has 4 N–H and O–H groups in total. The zero-order valence-electron chi connectivity index (χ0n) is 10.6. The molecule has 1 saturated heterocycles. The number of piperidine rings is 1. The molecule has 112 valence electrons. The van der Waals surface area contributed by atoms with Crippen LogP contribution in [0.25, 0.3) is 4.96 Å². The summed E-state index contributed by atoms with van der Waals surface area (Å²) in [5.41, 5.74) is 5.65. The van der Waals surface area contributed by atoms with Gasteiger partial charge in [-0.2, -0.15) is 4.72 Å². The number of hydrogen-bond acceptors (Lipinski definition) is 7. The molecule has 1 unspecified atom stereocenters. The number of carbonyl (C=O) groups is 2. The van der Waals surface area contributed by atoms with Crippen molar-refractivity contribution < 1.29 is 18.0 Å². The highest BCUT2D eigenvalue weighted by Crippen LogP contribution is 2.23. The summed E-state index contributed by atoms with van der Waals surface area (Å²) in [6.45, 7) is 0. The number of anilines is 1. The Labute approximate surface area is 123 Å². The first-order valence-electron chi connectivity index (χ1n) is 5.95. The fourth-order valence-electron chi connectivity index (χ4n) is 2.10. The Morgan fingerprint density at radius 2 is 2.24 bits per heavy atom. The summed E-state index contributed by atoms with van der Waals surface area (Å²) in [4.78, 5) is 27.1. The Kier molecular flexibility index (Phi) is 3.19. The molecule has 2 aromatic rings. The van der Waals surface area contributed by atoms with Crippen LogP contribution in [0.3, 0.4) is 0 Å². The van der Waals surface area contributed by atoms with Crippen molar-refractivity contribution in [1.82, 2.24) is 19.4 Å². The minimum Gasteiger partial charge on any atom is -0.381 e. The number of thiazole rings is 1. The summed E-state index contributed by atoms with van der Waals surface area (Å²) in [7, 11) is -4.03. The molecule has 21 heavy (non-hydrogen) atoms. The molecule has 9 nitrogen and oxygen atoms in total. The van der Waals surface area contributed by atoms with Crippen molar-refractivity contribution in [2.24, 2.45) is 0 Å². The van der Waals surface area contributed by atoms with Crippen LogP contribution < -0.4 is 15.8 Å². The van der Waals surface area contributed by atoms with Gasteiger partial charge in [-0.25, -0.2) is 13.4 Å².